The average molecular weight is 273 g/mol. The fourth-order valence-electron chi connectivity index (χ4n) is 3.83. The van der Waals surface area contributed by atoms with Crippen LogP contribution in [0.5, 0.6) is 5.75 Å². The molecule has 1 fully saturated rings. The van der Waals surface area contributed by atoms with E-state index in [9.17, 15) is 4.79 Å². The van der Waals surface area contributed by atoms with Crippen molar-refractivity contribution in [2.45, 2.75) is 45.8 Å². The largest absolute Gasteiger partial charge is 0.467 e. The van der Waals surface area contributed by atoms with Gasteiger partial charge in [0.1, 0.15) is 5.75 Å². The minimum Gasteiger partial charge on any atom is -0.467 e. The van der Waals surface area contributed by atoms with Gasteiger partial charge in [-0.3, -0.25) is 4.79 Å². The molecule has 1 heterocycles. The van der Waals surface area contributed by atoms with Crippen molar-refractivity contribution in [1.82, 2.24) is 5.32 Å². The van der Waals surface area contributed by atoms with Crippen molar-refractivity contribution in [2.75, 3.05) is 0 Å². The third-order valence-corrected chi connectivity index (χ3v) is 4.77. The van der Waals surface area contributed by atoms with E-state index in [0.29, 0.717) is 23.3 Å². The predicted octanol–water partition coefficient (Wildman–Crippen LogP) is 3.60. The van der Waals surface area contributed by atoms with Gasteiger partial charge in [0.2, 0.25) is 0 Å². The molecule has 1 aromatic carbocycles. The second kappa shape index (κ2) is 4.80. The summed E-state index contributed by atoms with van der Waals surface area (Å²) in [4.78, 5) is 12.4. The quantitative estimate of drug-likeness (QED) is 0.849. The standard InChI is InChI=1S/C17H23NO2/c1-11(2)14-9-8-12(3)10-17(14)18-16(19)13-6-4-5-7-15(13)20-17/h4-7,11-12,14H,8-10H2,1-3H3,(H,18,19). The maximum Gasteiger partial charge on any atom is 0.258 e. The summed E-state index contributed by atoms with van der Waals surface area (Å²) < 4.78 is 6.34. The minimum atomic E-state index is -0.517. The second-order valence-corrected chi connectivity index (χ2v) is 6.68. The zero-order valence-electron chi connectivity index (χ0n) is 12.5. The van der Waals surface area contributed by atoms with Gasteiger partial charge in [-0.15, -0.1) is 0 Å². The van der Waals surface area contributed by atoms with E-state index in [2.05, 4.69) is 26.1 Å². The van der Waals surface area contributed by atoms with Crippen LogP contribution in [0.15, 0.2) is 24.3 Å². The molecule has 3 rings (SSSR count). The third kappa shape index (κ3) is 2.09. The molecule has 1 amide bonds. The molecule has 0 radical (unpaired) electrons. The van der Waals surface area contributed by atoms with Gasteiger partial charge in [0.15, 0.2) is 5.72 Å². The van der Waals surface area contributed by atoms with Crippen LogP contribution in [0.4, 0.5) is 0 Å². The second-order valence-electron chi connectivity index (χ2n) is 6.68. The molecule has 1 aromatic rings. The smallest absolute Gasteiger partial charge is 0.258 e. The molecule has 0 aromatic heterocycles. The fourth-order valence-corrected chi connectivity index (χ4v) is 3.83. The van der Waals surface area contributed by atoms with E-state index in [4.69, 9.17) is 4.74 Å². The lowest BCUT2D eigenvalue weighted by Gasteiger charge is -2.50. The summed E-state index contributed by atoms with van der Waals surface area (Å²) in [5.41, 5.74) is 0.135. The number of hydrogen-bond donors (Lipinski definition) is 1. The summed E-state index contributed by atoms with van der Waals surface area (Å²) in [7, 11) is 0. The van der Waals surface area contributed by atoms with Gasteiger partial charge in [0.05, 0.1) is 5.56 Å². The molecular weight excluding hydrogens is 250 g/mol. The average Bonchev–Trinajstić information content (AvgIpc) is 2.38. The van der Waals surface area contributed by atoms with E-state index < -0.39 is 5.72 Å². The molecule has 20 heavy (non-hydrogen) atoms. The number of amides is 1. The molecule has 1 saturated carbocycles. The Bertz CT molecular complexity index is 525. The highest BCUT2D eigenvalue weighted by Crippen LogP contribution is 2.44. The molecule has 0 bridgehead atoms. The minimum absolute atomic E-state index is 0.00611. The lowest BCUT2D eigenvalue weighted by molar-refractivity contribution is -0.0827. The highest BCUT2D eigenvalue weighted by Gasteiger charge is 2.50. The van der Waals surface area contributed by atoms with Crippen molar-refractivity contribution in [2.24, 2.45) is 17.8 Å². The van der Waals surface area contributed by atoms with Crippen molar-refractivity contribution in [1.29, 1.82) is 0 Å². The third-order valence-electron chi connectivity index (χ3n) is 4.77. The molecular formula is C17H23NO2. The van der Waals surface area contributed by atoms with Crippen molar-refractivity contribution < 1.29 is 9.53 Å². The van der Waals surface area contributed by atoms with Crippen LogP contribution in [0.3, 0.4) is 0 Å². The summed E-state index contributed by atoms with van der Waals surface area (Å²) in [5.74, 6) is 2.18. The monoisotopic (exact) mass is 273 g/mol. The maximum absolute atomic E-state index is 12.4. The number of rotatable bonds is 1. The Morgan fingerprint density at radius 1 is 1.30 bits per heavy atom. The summed E-state index contributed by atoms with van der Waals surface area (Å²) in [6.07, 6.45) is 3.22. The number of benzene rings is 1. The molecule has 0 saturated heterocycles. The maximum atomic E-state index is 12.4. The molecule has 1 spiro atoms. The van der Waals surface area contributed by atoms with Crippen LogP contribution in [-0.2, 0) is 0 Å². The van der Waals surface area contributed by atoms with E-state index in [1.54, 1.807) is 0 Å². The zero-order valence-corrected chi connectivity index (χ0v) is 12.5. The first-order valence-corrected chi connectivity index (χ1v) is 7.62. The van der Waals surface area contributed by atoms with E-state index in [-0.39, 0.29) is 5.91 Å². The van der Waals surface area contributed by atoms with Crippen LogP contribution in [0.2, 0.25) is 0 Å². The van der Waals surface area contributed by atoms with Gasteiger partial charge in [0.25, 0.3) is 5.91 Å². The van der Waals surface area contributed by atoms with Gasteiger partial charge < -0.3 is 10.1 Å². The number of nitrogens with one attached hydrogen (secondary N) is 1. The molecule has 108 valence electrons. The topological polar surface area (TPSA) is 38.3 Å². The summed E-state index contributed by atoms with van der Waals surface area (Å²) in [5, 5.41) is 3.19. The Labute approximate surface area is 120 Å². The SMILES string of the molecule is CC1CCC(C(C)C)C2(C1)NC(=O)c1ccccc1O2. The molecule has 1 N–H and O–H groups in total. The van der Waals surface area contributed by atoms with Crippen LogP contribution in [-0.4, -0.2) is 11.6 Å². The first-order valence-electron chi connectivity index (χ1n) is 7.62. The number of carbonyl (C=O) groups excluding carboxylic acids is 1. The summed E-state index contributed by atoms with van der Waals surface area (Å²) >= 11 is 0. The Kier molecular flexibility index (Phi) is 3.23. The van der Waals surface area contributed by atoms with Gasteiger partial charge in [0, 0.05) is 12.3 Å². The first kappa shape index (κ1) is 13.5. The van der Waals surface area contributed by atoms with Crippen LogP contribution in [0.1, 0.15) is 50.4 Å². The summed E-state index contributed by atoms with van der Waals surface area (Å²) in [6, 6.07) is 7.55. The molecule has 1 aliphatic heterocycles. The van der Waals surface area contributed by atoms with Crippen LogP contribution < -0.4 is 10.1 Å². The predicted molar refractivity (Wildman–Crippen MR) is 78.6 cm³/mol. The molecule has 1 aliphatic carbocycles. The van der Waals surface area contributed by atoms with Gasteiger partial charge in [-0.25, -0.2) is 0 Å². The van der Waals surface area contributed by atoms with Crippen molar-refractivity contribution in [3.8, 4) is 5.75 Å². The Balaban J connectivity index is 2.01. The van der Waals surface area contributed by atoms with Crippen molar-refractivity contribution >= 4 is 5.91 Å². The lowest BCUT2D eigenvalue weighted by atomic mass is 9.70. The van der Waals surface area contributed by atoms with Crippen molar-refractivity contribution in [3.05, 3.63) is 29.8 Å². The summed E-state index contributed by atoms with van der Waals surface area (Å²) in [6.45, 7) is 6.69. The van der Waals surface area contributed by atoms with Crippen LogP contribution in [0, 0.1) is 17.8 Å². The molecule has 2 aliphatic rings. The van der Waals surface area contributed by atoms with Crippen molar-refractivity contribution in [3.63, 3.8) is 0 Å². The van der Waals surface area contributed by atoms with Crippen LogP contribution >= 0.6 is 0 Å². The number of carbonyl (C=O) groups is 1. The normalized spacial score (nSPS) is 32.7. The molecule has 3 atom stereocenters. The molecule has 3 unspecified atom stereocenters. The lowest BCUT2D eigenvalue weighted by Crippen LogP contribution is -2.63. The first-order chi connectivity index (χ1) is 9.52. The number of fused-ring (bicyclic) bond motifs is 1. The fraction of sp³-hybridized carbons (Fsp3) is 0.588. The number of para-hydroxylation sites is 1. The molecule has 3 nitrogen and oxygen atoms in total. The van der Waals surface area contributed by atoms with E-state index in [1.807, 2.05) is 24.3 Å². The Morgan fingerprint density at radius 2 is 2.05 bits per heavy atom. The molecule has 3 heteroatoms. The number of ether oxygens (including phenoxy) is 1. The van der Waals surface area contributed by atoms with Gasteiger partial charge >= 0.3 is 0 Å². The van der Waals surface area contributed by atoms with E-state index in [1.165, 1.54) is 6.42 Å². The van der Waals surface area contributed by atoms with Crippen LogP contribution in [0.25, 0.3) is 0 Å². The van der Waals surface area contributed by atoms with Gasteiger partial charge in [-0.1, -0.05) is 32.9 Å². The van der Waals surface area contributed by atoms with E-state index in [0.717, 1.165) is 18.6 Å². The zero-order chi connectivity index (χ0) is 14.3. The number of hydrogen-bond acceptors (Lipinski definition) is 2. The van der Waals surface area contributed by atoms with E-state index >= 15 is 0 Å². The Morgan fingerprint density at radius 3 is 2.80 bits per heavy atom. The Hall–Kier alpha value is -1.51. The van der Waals surface area contributed by atoms with Gasteiger partial charge in [-0.2, -0.15) is 0 Å². The van der Waals surface area contributed by atoms with Gasteiger partial charge in [-0.05, 0) is 36.8 Å². The highest BCUT2D eigenvalue weighted by molar-refractivity contribution is 5.98. The highest BCUT2D eigenvalue weighted by atomic mass is 16.5.